The van der Waals surface area contributed by atoms with Crippen molar-refractivity contribution in [1.29, 1.82) is 0 Å². The van der Waals surface area contributed by atoms with Crippen molar-refractivity contribution in [2.75, 3.05) is 11.6 Å². The molecule has 1 N–H and O–H groups in total. The Hall–Kier alpha value is -1.93. The number of sulfone groups is 1. The first-order valence-corrected chi connectivity index (χ1v) is 11.6. The van der Waals surface area contributed by atoms with Gasteiger partial charge in [-0.05, 0) is 42.3 Å². The fraction of sp³-hybridized carbons (Fsp3) is 0.158. The molecule has 28 heavy (non-hydrogen) atoms. The van der Waals surface area contributed by atoms with Gasteiger partial charge < -0.3 is 0 Å². The SMILES string of the molecule is Cc1ccc(S(C)(=O)=O)cc1C(=O)Nc1ncc(Cc2ccc(Cl)cc2Cl)s1. The van der Waals surface area contributed by atoms with Crippen LogP contribution in [0.1, 0.15) is 26.4 Å². The lowest BCUT2D eigenvalue weighted by molar-refractivity contribution is 0.102. The lowest BCUT2D eigenvalue weighted by Crippen LogP contribution is -2.14. The van der Waals surface area contributed by atoms with Crippen molar-refractivity contribution in [1.82, 2.24) is 4.98 Å². The molecule has 3 aromatic rings. The molecule has 5 nitrogen and oxygen atoms in total. The fourth-order valence-electron chi connectivity index (χ4n) is 2.54. The van der Waals surface area contributed by atoms with E-state index in [0.29, 0.717) is 32.7 Å². The Balaban J connectivity index is 1.77. The zero-order valence-electron chi connectivity index (χ0n) is 15.0. The number of hydrogen-bond donors (Lipinski definition) is 1. The molecule has 0 radical (unpaired) electrons. The first-order valence-electron chi connectivity index (χ1n) is 8.14. The number of halogens is 2. The van der Waals surface area contributed by atoms with E-state index in [1.807, 2.05) is 6.07 Å². The minimum absolute atomic E-state index is 0.0976. The molecule has 0 saturated heterocycles. The van der Waals surface area contributed by atoms with Crippen molar-refractivity contribution < 1.29 is 13.2 Å². The third-order valence-electron chi connectivity index (χ3n) is 4.04. The minimum Gasteiger partial charge on any atom is -0.298 e. The number of benzene rings is 2. The number of carbonyl (C=O) groups is 1. The predicted octanol–water partition coefficient (Wildman–Crippen LogP) is 5.00. The highest BCUT2D eigenvalue weighted by Gasteiger charge is 2.16. The van der Waals surface area contributed by atoms with E-state index in [4.69, 9.17) is 23.2 Å². The minimum atomic E-state index is -3.40. The van der Waals surface area contributed by atoms with E-state index in [9.17, 15) is 13.2 Å². The highest BCUT2D eigenvalue weighted by atomic mass is 35.5. The highest BCUT2D eigenvalue weighted by Crippen LogP contribution is 2.27. The van der Waals surface area contributed by atoms with Crippen molar-refractivity contribution in [2.45, 2.75) is 18.2 Å². The molecule has 0 bridgehead atoms. The molecule has 1 heterocycles. The fourth-order valence-corrected chi connectivity index (χ4v) is 4.49. The molecule has 0 aliphatic rings. The standard InChI is InChI=1S/C19H16Cl2N2O3S2/c1-11-3-6-15(28(2,25)26)9-16(11)18(24)23-19-22-10-14(27-19)7-12-4-5-13(20)8-17(12)21/h3-6,8-10H,7H2,1-2H3,(H,22,23,24). The monoisotopic (exact) mass is 454 g/mol. The van der Waals surface area contributed by atoms with Gasteiger partial charge in [-0.1, -0.05) is 35.3 Å². The molecule has 0 fully saturated rings. The predicted molar refractivity (Wildman–Crippen MR) is 114 cm³/mol. The molecule has 2 aromatic carbocycles. The zero-order valence-corrected chi connectivity index (χ0v) is 18.1. The van der Waals surface area contributed by atoms with E-state index in [1.165, 1.54) is 23.5 Å². The highest BCUT2D eigenvalue weighted by molar-refractivity contribution is 7.90. The van der Waals surface area contributed by atoms with Gasteiger partial charge in [-0.2, -0.15) is 0 Å². The summed E-state index contributed by atoms with van der Waals surface area (Å²) >= 11 is 13.4. The van der Waals surface area contributed by atoms with E-state index in [0.717, 1.165) is 16.7 Å². The largest absolute Gasteiger partial charge is 0.298 e. The summed E-state index contributed by atoms with van der Waals surface area (Å²) in [6, 6.07) is 9.77. The lowest BCUT2D eigenvalue weighted by Gasteiger charge is -2.07. The molecule has 1 aromatic heterocycles. The zero-order chi connectivity index (χ0) is 20.5. The van der Waals surface area contributed by atoms with Crippen molar-refractivity contribution in [3.05, 3.63) is 74.2 Å². The number of nitrogens with zero attached hydrogens (tertiary/aromatic N) is 1. The first-order chi connectivity index (χ1) is 13.1. The van der Waals surface area contributed by atoms with Gasteiger partial charge in [0, 0.05) is 39.4 Å². The molecule has 0 spiro atoms. The van der Waals surface area contributed by atoms with Gasteiger partial charge in [-0.3, -0.25) is 10.1 Å². The summed E-state index contributed by atoms with van der Waals surface area (Å²) in [6.07, 6.45) is 3.34. The number of thiazole rings is 1. The Morgan fingerprint density at radius 2 is 1.93 bits per heavy atom. The number of rotatable bonds is 5. The van der Waals surface area contributed by atoms with Crippen LogP contribution in [0.3, 0.4) is 0 Å². The molecular formula is C19H16Cl2N2O3S2. The third kappa shape index (κ3) is 4.91. The van der Waals surface area contributed by atoms with Gasteiger partial charge in [0.25, 0.3) is 5.91 Å². The molecule has 9 heteroatoms. The second kappa shape index (κ2) is 8.21. The van der Waals surface area contributed by atoms with E-state index in [-0.39, 0.29) is 4.90 Å². The average molecular weight is 455 g/mol. The van der Waals surface area contributed by atoms with Crippen LogP contribution in [0.5, 0.6) is 0 Å². The molecule has 3 rings (SSSR count). The Morgan fingerprint density at radius 3 is 2.61 bits per heavy atom. The van der Waals surface area contributed by atoms with Gasteiger partial charge in [0.15, 0.2) is 15.0 Å². The van der Waals surface area contributed by atoms with Crippen LogP contribution in [0.15, 0.2) is 47.5 Å². The van der Waals surface area contributed by atoms with Crippen LogP contribution in [-0.2, 0) is 16.3 Å². The normalized spacial score (nSPS) is 11.4. The third-order valence-corrected chi connectivity index (χ3v) is 6.65. The quantitative estimate of drug-likeness (QED) is 0.587. The first kappa shape index (κ1) is 20.8. The maximum atomic E-state index is 12.6. The number of nitrogens with one attached hydrogen (secondary N) is 1. The summed E-state index contributed by atoms with van der Waals surface area (Å²) in [6.45, 7) is 1.75. The van der Waals surface area contributed by atoms with Crippen LogP contribution >= 0.6 is 34.5 Å². The Labute approximate surface area is 177 Å². The molecule has 0 aliphatic carbocycles. The summed E-state index contributed by atoms with van der Waals surface area (Å²) < 4.78 is 23.5. The van der Waals surface area contributed by atoms with E-state index in [1.54, 1.807) is 31.3 Å². The van der Waals surface area contributed by atoms with Gasteiger partial charge in [0.1, 0.15) is 0 Å². The van der Waals surface area contributed by atoms with Gasteiger partial charge >= 0.3 is 0 Å². The van der Waals surface area contributed by atoms with Crippen LogP contribution in [0, 0.1) is 6.92 Å². The number of aromatic nitrogens is 1. The molecular weight excluding hydrogens is 439 g/mol. The van der Waals surface area contributed by atoms with Crippen LogP contribution in [-0.4, -0.2) is 25.6 Å². The van der Waals surface area contributed by atoms with Gasteiger partial charge in [0.05, 0.1) is 4.90 Å². The Bertz CT molecular complexity index is 1160. The summed E-state index contributed by atoms with van der Waals surface area (Å²) in [5.74, 6) is -0.409. The van der Waals surface area contributed by atoms with Crippen LogP contribution in [0.2, 0.25) is 10.0 Å². The van der Waals surface area contributed by atoms with E-state index >= 15 is 0 Å². The smallest absolute Gasteiger partial charge is 0.257 e. The molecule has 0 atom stereocenters. The van der Waals surface area contributed by atoms with Crippen LogP contribution in [0.4, 0.5) is 5.13 Å². The van der Waals surface area contributed by atoms with E-state index in [2.05, 4.69) is 10.3 Å². The summed E-state index contributed by atoms with van der Waals surface area (Å²) in [7, 11) is -3.40. The number of amides is 1. The number of carbonyl (C=O) groups excluding carboxylic acids is 1. The van der Waals surface area contributed by atoms with Gasteiger partial charge in [0.2, 0.25) is 0 Å². The van der Waals surface area contributed by atoms with Crippen LogP contribution < -0.4 is 5.32 Å². The average Bonchev–Trinajstić information content (AvgIpc) is 3.03. The molecule has 0 unspecified atom stereocenters. The molecule has 1 amide bonds. The maximum absolute atomic E-state index is 12.6. The second-order valence-electron chi connectivity index (χ2n) is 6.25. The summed E-state index contributed by atoms with van der Waals surface area (Å²) in [4.78, 5) is 17.8. The van der Waals surface area contributed by atoms with Gasteiger partial charge in [-0.25, -0.2) is 13.4 Å². The van der Waals surface area contributed by atoms with Crippen molar-refractivity contribution in [3.8, 4) is 0 Å². The second-order valence-corrected chi connectivity index (χ2v) is 10.2. The summed E-state index contributed by atoms with van der Waals surface area (Å²) in [5.41, 5.74) is 1.87. The maximum Gasteiger partial charge on any atom is 0.257 e. The van der Waals surface area contributed by atoms with Gasteiger partial charge in [-0.15, -0.1) is 11.3 Å². The molecule has 0 saturated carbocycles. The summed E-state index contributed by atoms with van der Waals surface area (Å²) in [5, 5.41) is 4.29. The van der Waals surface area contributed by atoms with Crippen LogP contribution in [0.25, 0.3) is 0 Å². The topological polar surface area (TPSA) is 76.1 Å². The van der Waals surface area contributed by atoms with Crippen molar-refractivity contribution in [3.63, 3.8) is 0 Å². The van der Waals surface area contributed by atoms with Crippen molar-refractivity contribution in [2.24, 2.45) is 0 Å². The molecule has 0 aliphatic heterocycles. The molecule has 146 valence electrons. The Kier molecular flexibility index (Phi) is 6.09. The number of anilines is 1. The van der Waals surface area contributed by atoms with E-state index < -0.39 is 15.7 Å². The Morgan fingerprint density at radius 1 is 1.18 bits per heavy atom. The van der Waals surface area contributed by atoms with Crippen molar-refractivity contribution >= 4 is 55.4 Å². The number of aryl methyl sites for hydroxylation is 1. The number of hydrogen-bond acceptors (Lipinski definition) is 5. The lowest BCUT2D eigenvalue weighted by atomic mass is 10.1.